The Morgan fingerprint density at radius 3 is 3.07 bits per heavy atom. The van der Waals surface area contributed by atoms with Crippen LogP contribution in [0.3, 0.4) is 0 Å². The van der Waals surface area contributed by atoms with E-state index in [2.05, 4.69) is 28.5 Å². The third-order valence-corrected chi connectivity index (χ3v) is 3.46. The molecule has 3 rings (SSSR count). The standard InChI is InChI=1S/C13H16N2/c1-2-9-14-12(6-1)11-5-3-4-10-7-8-13(11)15-10/h1-2,5-6,9-10,13,15H,3-4,7-8H2/t10-,13-/m1/s1. The Kier molecular flexibility index (Phi) is 2.29. The number of fused-ring (bicyclic) bond motifs is 2. The van der Waals surface area contributed by atoms with Gasteiger partial charge in [0.25, 0.3) is 0 Å². The van der Waals surface area contributed by atoms with Gasteiger partial charge in [-0.3, -0.25) is 4.98 Å². The van der Waals surface area contributed by atoms with Crippen molar-refractivity contribution in [2.24, 2.45) is 0 Å². The van der Waals surface area contributed by atoms with Crippen molar-refractivity contribution in [2.45, 2.75) is 37.8 Å². The zero-order chi connectivity index (χ0) is 10.1. The summed E-state index contributed by atoms with van der Waals surface area (Å²) in [5.41, 5.74) is 2.56. The van der Waals surface area contributed by atoms with Crippen molar-refractivity contribution in [3.05, 3.63) is 36.2 Å². The number of hydrogen-bond donors (Lipinski definition) is 1. The number of allylic oxidation sites excluding steroid dienone is 1. The molecule has 2 aliphatic rings. The van der Waals surface area contributed by atoms with Crippen LogP contribution in [0, 0.1) is 0 Å². The molecule has 2 atom stereocenters. The third-order valence-electron chi connectivity index (χ3n) is 3.46. The van der Waals surface area contributed by atoms with Crippen molar-refractivity contribution in [2.75, 3.05) is 0 Å². The fraction of sp³-hybridized carbons (Fsp3) is 0.462. The number of nitrogens with zero attached hydrogens (tertiary/aromatic N) is 1. The monoisotopic (exact) mass is 200 g/mol. The second-order valence-electron chi connectivity index (χ2n) is 4.45. The van der Waals surface area contributed by atoms with Crippen LogP contribution >= 0.6 is 0 Å². The van der Waals surface area contributed by atoms with Gasteiger partial charge in [-0.05, 0) is 43.4 Å². The number of rotatable bonds is 1. The number of pyridine rings is 1. The van der Waals surface area contributed by atoms with Crippen molar-refractivity contribution in [3.8, 4) is 0 Å². The predicted molar refractivity (Wildman–Crippen MR) is 61.4 cm³/mol. The molecule has 1 N–H and O–H groups in total. The van der Waals surface area contributed by atoms with Gasteiger partial charge < -0.3 is 5.32 Å². The van der Waals surface area contributed by atoms with Crippen LogP contribution in [0.4, 0.5) is 0 Å². The Hall–Kier alpha value is -1.15. The molecule has 1 saturated heterocycles. The summed E-state index contributed by atoms with van der Waals surface area (Å²) in [6.07, 6.45) is 9.33. The average molecular weight is 200 g/mol. The molecule has 0 aliphatic carbocycles. The second-order valence-corrected chi connectivity index (χ2v) is 4.45. The van der Waals surface area contributed by atoms with Crippen LogP contribution in [0.1, 0.15) is 31.4 Å². The van der Waals surface area contributed by atoms with Crippen LogP contribution in [0.2, 0.25) is 0 Å². The topological polar surface area (TPSA) is 24.9 Å². The minimum absolute atomic E-state index is 0.549. The summed E-state index contributed by atoms with van der Waals surface area (Å²) in [6, 6.07) is 7.46. The van der Waals surface area contributed by atoms with Crippen LogP contribution in [-0.4, -0.2) is 17.1 Å². The first-order chi connectivity index (χ1) is 7.43. The fourth-order valence-electron chi connectivity index (χ4n) is 2.69. The first-order valence-electron chi connectivity index (χ1n) is 5.81. The van der Waals surface area contributed by atoms with Gasteiger partial charge in [-0.25, -0.2) is 0 Å². The van der Waals surface area contributed by atoms with E-state index in [1.165, 1.54) is 31.3 Å². The Morgan fingerprint density at radius 2 is 2.20 bits per heavy atom. The fourth-order valence-corrected chi connectivity index (χ4v) is 2.69. The third kappa shape index (κ3) is 1.70. The Labute approximate surface area is 90.4 Å². The molecular weight excluding hydrogens is 184 g/mol. The first kappa shape index (κ1) is 9.10. The maximum Gasteiger partial charge on any atom is 0.0674 e. The molecule has 0 radical (unpaired) electrons. The van der Waals surface area contributed by atoms with Crippen molar-refractivity contribution in [1.82, 2.24) is 10.3 Å². The lowest BCUT2D eigenvalue weighted by Crippen LogP contribution is -2.28. The van der Waals surface area contributed by atoms with Crippen LogP contribution in [0.25, 0.3) is 5.57 Å². The molecule has 0 spiro atoms. The van der Waals surface area contributed by atoms with Crippen LogP contribution in [0.15, 0.2) is 30.5 Å². The largest absolute Gasteiger partial charge is 0.307 e. The summed E-state index contributed by atoms with van der Waals surface area (Å²) < 4.78 is 0. The van der Waals surface area contributed by atoms with E-state index in [0.29, 0.717) is 6.04 Å². The molecular formula is C13H16N2. The Bertz CT molecular complexity index is 369. The Balaban J connectivity index is 1.94. The predicted octanol–water partition coefficient (Wildman–Crippen LogP) is 2.38. The molecule has 0 saturated carbocycles. The summed E-state index contributed by atoms with van der Waals surface area (Å²) in [6.45, 7) is 0. The van der Waals surface area contributed by atoms with Crippen molar-refractivity contribution >= 4 is 5.57 Å². The molecule has 3 heterocycles. The summed E-state index contributed by atoms with van der Waals surface area (Å²) in [4.78, 5) is 4.45. The molecule has 0 amide bonds. The molecule has 1 aromatic rings. The smallest absolute Gasteiger partial charge is 0.0674 e. The molecule has 2 heteroatoms. The number of hydrogen-bond acceptors (Lipinski definition) is 2. The van der Waals surface area contributed by atoms with E-state index < -0.39 is 0 Å². The first-order valence-corrected chi connectivity index (χ1v) is 5.81. The molecule has 1 aromatic heterocycles. The average Bonchev–Trinajstić information content (AvgIpc) is 2.61. The van der Waals surface area contributed by atoms with Gasteiger partial charge in [0.05, 0.1) is 5.69 Å². The lowest BCUT2D eigenvalue weighted by atomic mass is 9.97. The molecule has 2 nitrogen and oxygen atoms in total. The number of nitrogens with one attached hydrogen (secondary N) is 1. The quantitative estimate of drug-likeness (QED) is 0.753. The van der Waals surface area contributed by atoms with Crippen LogP contribution in [-0.2, 0) is 0 Å². The highest BCUT2D eigenvalue weighted by atomic mass is 15.0. The minimum atomic E-state index is 0.549. The normalized spacial score (nSPS) is 29.7. The summed E-state index contributed by atoms with van der Waals surface area (Å²) in [5, 5.41) is 3.69. The maximum absolute atomic E-state index is 4.45. The van der Waals surface area contributed by atoms with Gasteiger partial charge in [-0.15, -0.1) is 0 Å². The van der Waals surface area contributed by atoms with E-state index in [-0.39, 0.29) is 0 Å². The van der Waals surface area contributed by atoms with E-state index in [1.807, 2.05) is 12.3 Å². The number of aromatic nitrogens is 1. The van der Waals surface area contributed by atoms with Crippen LogP contribution < -0.4 is 5.32 Å². The summed E-state index contributed by atoms with van der Waals surface area (Å²) in [5.74, 6) is 0. The van der Waals surface area contributed by atoms with Gasteiger partial charge in [0, 0.05) is 18.3 Å². The van der Waals surface area contributed by atoms with Gasteiger partial charge in [0.1, 0.15) is 0 Å². The van der Waals surface area contributed by atoms with E-state index in [0.717, 1.165) is 11.7 Å². The molecule has 2 bridgehead atoms. The zero-order valence-corrected chi connectivity index (χ0v) is 8.82. The van der Waals surface area contributed by atoms with Crippen molar-refractivity contribution in [1.29, 1.82) is 0 Å². The zero-order valence-electron chi connectivity index (χ0n) is 8.82. The van der Waals surface area contributed by atoms with E-state index in [1.54, 1.807) is 0 Å². The summed E-state index contributed by atoms with van der Waals surface area (Å²) >= 11 is 0. The molecule has 0 aromatic carbocycles. The molecule has 1 fully saturated rings. The van der Waals surface area contributed by atoms with Gasteiger partial charge in [-0.1, -0.05) is 12.1 Å². The molecule has 78 valence electrons. The van der Waals surface area contributed by atoms with Gasteiger partial charge in [-0.2, -0.15) is 0 Å². The molecule has 15 heavy (non-hydrogen) atoms. The van der Waals surface area contributed by atoms with E-state index in [9.17, 15) is 0 Å². The van der Waals surface area contributed by atoms with Gasteiger partial charge >= 0.3 is 0 Å². The molecule has 0 unspecified atom stereocenters. The Morgan fingerprint density at radius 1 is 1.20 bits per heavy atom. The van der Waals surface area contributed by atoms with Gasteiger partial charge in [0.2, 0.25) is 0 Å². The molecule has 2 aliphatic heterocycles. The van der Waals surface area contributed by atoms with Gasteiger partial charge in [0.15, 0.2) is 0 Å². The highest BCUT2D eigenvalue weighted by Crippen LogP contribution is 2.30. The van der Waals surface area contributed by atoms with Crippen molar-refractivity contribution in [3.63, 3.8) is 0 Å². The highest BCUT2D eigenvalue weighted by Gasteiger charge is 2.29. The van der Waals surface area contributed by atoms with E-state index in [4.69, 9.17) is 0 Å². The maximum atomic E-state index is 4.45. The second kappa shape index (κ2) is 3.78. The van der Waals surface area contributed by atoms with Crippen LogP contribution in [0.5, 0.6) is 0 Å². The van der Waals surface area contributed by atoms with Crippen molar-refractivity contribution < 1.29 is 0 Å². The SMILES string of the molecule is C1=C(c2ccccn2)[C@H]2CC[C@@H](CC1)N2. The highest BCUT2D eigenvalue weighted by molar-refractivity contribution is 5.67. The van der Waals surface area contributed by atoms with E-state index >= 15 is 0 Å². The summed E-state index contributed by atoms with van der Waals surface area (Å²) in [7, 11) is 0. The lowest BCUT2D eigenvalue weighted by Gasteiger charge is -2.14. The minimum Gasteiger partial charge on any atom is -0.307 e. The lowest BCUT2D eigenvalue weighted by molar-refractivity contribution is 0.559.